The van der Waals surface area contributed by atoms with Gasteiger partial charge < -0.3 is 23.4 Å². The average Bonchev–Trinajstić information content (AvgIpc) is 3.57. The standard InChI is InChI=1S/C30H18BNO4/c33-31(34)17-9-12-27-23(15-17)29-28(35-27)14-11-21-22-16-18(10-13-26(22)36-30(21)29)32-24-7-3-1-5-19(24)20-6-2-4-8-25(20)32/h1-16,33-34H. The first-order valence-electron chi connectivity index (χ1n) is 11.8. The largest absolute Gasteiger partial charge is 0.488 e. The van der Waals surface area contributed by atoms with Crippen LogP contribution < -0.4 is 5.46 Å². The van der Waals surface area contributed by atoms with Crippen LogP contribution in [0.4, 0.5) is 0 Å². The van der Waals surface area contributed by atoms with Gasteiger partial charge in [0, 0.05) is 32.6 Å². The molecule has 8 rings (SSSR count). The van der Waals surface area contributed by atoms with Gasteiger partial charge >= 0.3 is 7.12 Å². The first-order valence-corrected chi connectivity index (χ1v) is 11.8. The molecule has 2 N–H and O–H groups in total. The van der Waals surface area contributed by atoms with E-state index in [0.717, 1.165) is 49.4 Å². The molecule has 0 radical (unpaired) electrons. The molecule has 0 aliphatic carbocycles. The van der Waals surface area contributed by atoms with Gasteiger partial charge in [0.05, 0.1) is 16.4 Å². The minimum absolute atomic E-state index is 0.409. The predicted octanol–water partition coefficient (Wildman–Crippen LogP) is 6.26. The van der Waals surface area contributed by atoms with E-state index in [4.69, 9.17) is 8.83 Å². The summed E-state index contributed by atoms with van der Waals surface area (Å²) in [6.07, 6.45) is 0. The minimum atomic E-state index is -1.55. The van der Waals surface area contributed by atoms with Crippen molar-refractivity contribution in [3.8, 4) is 5.69 Å². The predicted molar refractivity (Wildman–Crippen MR) is 145 cm³/mol. The molecule has 5 aromatic carbocycles. The lowest BCUT2D eigenvalue weighted by Gasteiger charge is -2.07. The number of hydrogen-bond acceptors (Lipinski definition) is 4. The summed E-state index contributed by atoms with van der Waals surface area (Å²) in [7, 11) is -1.55. The fraction of sp³-hybridized carbons (Fsp3) is 0. The van der Waals surface area contributed by atoms with Gasteiger partial charge in [0.1, 0.15) is 22.3 Å². The van der Waals surface area contributed by atoms with Crippen LogP contribution in [0.1, 0.15) is 0 Å². The first kappa shape index (κ1) is 19.8. The van der Waals surface area contributed by atoms with Gasteiger partial charge in [-0.05, 0) is 54.0 Å². The lowest BCUT2D eigenvalue weighted by atomic mass is 9.80. The van der Waals surface area contributed by atoms with E-state index in [0.29, 0.717) is 16.6 Å². The summed E-state index contributed by atoms with van der Waals surface area (Å²) in [5.74, 6) is 0. The monoisotopic (exact) mass is 467 g/mol. The highest BCUT2D eigenvalue weighted by Gasteiger charge is 2.20. The molecule has 0 bridgehead atoms. The topological polar surface area (TPSA) is 71.7 Å². The van der Waals surface area contributed by atoms with Crippen molar-refractivity contribution in [3.63, 3.8) is 0 Å². The highest BCUT2D eigenvalue weighted by atomic mass is 16.4. The number of nitrogens with zero attached hydrogens (tertiary/aromatic N) is 1. The average molecular weight is 467 g/mol. The van der Waals surface area contributed by atoms with Crippen molar-refractivity contribution in [2.75, 3.05) is 0 Å². The van der Waals surface area contributed by atoms with E-state index in [9.17, 15) is 10.0 Å². The van der Waals surface area contributed by atoms with Gasteiger partial charge in [0.2, 0.25) is 0 Å². The summed E-state index contributed by atoms with van der Waals surface area (Å²) in [4.78, 5) is 0. The Bertz CT molecular complexity index is 2090. The Morgan fingerprint density at radius 1 is 0.556 bits per heavy atom. The van der Waals surface area contributed by atoms with Crippen molar-refractivity contribution in [3.05, 3.63) is 97.1 Å². The van der Waals surface area contributed by atoms with Crippen molar-refractivity contribution in [2.24, 2.45) is 0 Å². The Morgan fingerprint density at radius 2 is 1.22 bits per heavy atom. The number of para-hydroxylation sites is 2. The molecule has 170 valence electrons. The van der Waals surface area contributed by atoms with Crippen LogP contribution in [0.15, 0.2) is 106 Å². The molecule has 6 heteroatoms. The second-order valence-corrected chi connectivity index (χ2v) is 9.20. The molecular formula is C30H18BNO4. The van der Waals surface area contributed by atoms with Gasteiger partial charge in [0.25, 0.3) is 0 Å². The van der Waals surface area contributed by atoms with E-state index >= 15 is 0 Å². The fourth-order valence-electron chi connectivity index (χ4n) is 5.60. The molecule has 0 saturated heterocycles. The molecule has 3 aromatic heterocycles. The van der Waals surface area contributed by atoms with Gasteiger partial charge in [-0.1, -0.05) is 48.5 Å². The Labute approximate surface area is 204 Å². The van der Waals surface area contributed by atoms with Gasteiger partial charge in [-0.15, -0.1) is 0 Å². The van der Waals surface area contributed by atoms with Crippen molar-refractivity contribution in [2.45, 2.75) is 0 Å². The molecule has 0 aliphatic rings. The summed E-state index contributed by atoms with van der Waals surface area (Å²) in [6, 6.07) is 32.4. The number of furan rings is 2. The quantitative estimate of drug-likeness (QED) is 0.295. The zero-order valence-corrected chi connectivity index (χ0v) is 19.0. The third-order valence-corrected chi connectivity index (χ3v) is 7.21. The summed E-state index contributed by atoms with van der Waals surface area (Å²) in [5, 5.41) is 25.4. The first-order chi connectivity index (χ1) is 17.7. The number of rotatable bonds is 2. The number of benzene rings is 5. The summed E-state index contributed by atoms with van der Waals surface area (Å²) < 4.78 is 14.7. The Balaban J connectivity index is 1.44. The maximum Gasteiger partial charge on any atom is 0.488 e. The van der Waals surface area contributed by atoms with Gasteiger partial charge in [-0.25, -0.2) is 0 Å². The zero-order valence-electron chi connectivity index (χ0n) is 19.0. The van der Waals surface area contributed by atoms with E-state index in [1.54, 1.807) is 18.2 Å². The molecular weight excluding hydrogens is 449 g/mol. The van der Waals surface area contributed by atoms with Gasteiger partial charge in [-0.3, -0.25) is 0 Å². The third kappa shape index (κ3) is 2.57. The normalized spacial score (nSPS) is 12.2. The Hall–Kier alpha value is -4.52. The molecule has 0 amide bonds. The van der Waals surface area contributed by atoms with E-state index in [1.165, 1.54) is 10.8 Å². The highest BCUT2D eigenvalue weighted by molar-refractivity contribution is 6.59. The van der Waals surface area contributed by atoms with E-state index in [2.05, 4.69) is 65.2 Å². The minimum Gasteiger partial charge on any atom is -0.456 e. The van der Waals surface area contributed by atoms with Crippen LogP contribution in [0.2, 0.25) is 0 Å². The zero-order chi connectivity index (χ0) is 24.0. The molecule has 8 aromatic rings. The van der Waals surface area contributed by atoms with E-state index in [-0.39, 0.29) is 0 Å². The maximum absolute atomic E-state index is 9.69. The molecule has 0 spiro atoms. The lowest BCUT2D eigenvalue weighted by molar-refractivity contribution is 0.426. The molecule has 0 unspecified atom stereocenters. The number of hydrogen-bond donors (Lipinski definition) is 2. The van der Waals surface area contributed by atoms with Crippen LogP contribution in [-0.4, -0.2) is 21.7 Å². The number of fused-ring (bicyclic) bond motifs is 10. The molecule has 0 atom stereocenters. The second kappa shape index (κ2) is 7.01. The number of aromatic nitrogens is 1. The fourth-order valence-corrected chi connectivity index (χ4v) is 5.60. The van der Waals surface area contributed by atoms with Crippen molar-refractivity contribution >= 4 is 78.3 Å². The van der Waals surface area contributed by atoms with Crippen LogP contribution in [0.5, 0.6) is 0 Å². The smallest absolute Gasteiger partial charge is 0.456 e. The van der Waals surface area contributed by atoms with Crippen LogP contribution in [0.3, 0.4) is 0 Å². The lowest BCUT2D eigenvalue weighted by Crippen LogP contribution is -2.29. The summed E-state index contributed by atoms with van der Waals surface area (Å²) in [5.41, 5.74) is 6.67. The molecule has 5 nitrogen and oxygen atoms in total. The SMILES string of the molecule is OB(O)c1ccc2oc3ccc4c5cc(-n6c7ccccc7c7ccccc76)ccc5oc4c3c2c1. The van der Waals surface area contributed by atoms with Crippen LogP contribution in [0.25, 0.3) is 71.4 Å². The highest BCUT2D eigenvalue weighted by Crippen LogP contribution is 2.40. The summed E-state index contributed by atoms with van der Waals surface area (Å²) in [6.45, 7) is 0. The molecule has 3 heterocycles. The van der Waals surface area contributed by atoms with Crippen LogP contribution in [-0.2, 0) is 0 Å². The maximum atomic E-state index is 9.69. The molecule has 0 saturated carbocycles. The summed E-state index contributed by atoms with van der Waals surface area (Å²) >= 11 is 0. The second-order valence-electron chi connectivity index (χ2n) is 9.20. The Morgan fingerprint density at radius 3 is 1.97 bits per heavy atom. The van der Waals surface area contributed by atoms with Crippen molar-refractivity contribution < 1.29 is 18.9 Å². The van der Waals surface area contributed by atoms with Gasteiger partial charge in [-0.2, -0.15) is 0 Å². The van der Waals surface area contributed by atoms with Crippen molar-refractivity contribution in [1.82, 2.24) is 4.57 Å². The van der Waals surface area contributed by atoms with Crippen molar-refractivity contribution in [1.29, 1.82) is 0 Å². The van der Waals surface area contributed by atoms with E-state index < -0.39 is 7.12 Å². The Kier molecular flexibility index (Phi) is 3.85. The van der Waals surface area contributed by atoms with Gasteiger partial charge in [0.15, 0.2) is 0 Å². The van der Waals surface area contributed by atoms with Crippen LogP contribution >= 0.6 is 0 Å². The molecule has 0 aliphatic heterocycles. The van der Waals surface area contributed by atoms with E-state index in [1.807, 2.05) is 18.2 Å². The molecule has 36 heavy (non-hydrogen) atoms. The van der Waals surface area contributed by atoms with Crippen LogP contribution in [0, 0.1) is 0 Å². The molecule has 0 fully saturated rings. The third-order valence-electron chi connectivity index (χ3n) is 7.21.